The number of rotatable bonds is 4. The van der Waals surface area contributed by atoms with Gasteiger partial charge in [-0.15, -0.1) is 0 Å². The molecule has 0 radical (unpaired) electrons. The predicted octanol–water partition coefficient (Wildman–Crippen LogP) is 5.42. The van der Waals surface area contributed by atoms with Gasteiger partial charge in [0.1, 0.15) is 11.3 Å². The lowest BCUT2D eigenvalue weighted by atomic mass is 9.96. The second-order valence-electron chi connectivity index (χ2n) is 8.05. The summed E-state index contributed by atoms with van der Waals surface area (Å²) in [5.74, 6) is 0.391. The largest absolute Gasteiger partial charge is 0.497 e. The minimum atomic E-state index is -0.586. The average Bonchev–Trinajstić information content (AvgIpc) is 3.12. The molecule has 0 bridgehead atoms. The number of ether oxygens (including phenoxy) is 1. The quantitative estimate of drug-likeness (QED) is 0.438. The van der Waals surface area contributed by atoms with Crippen molar-refractivity contribution in [1.29, 1.82) is 0 Å². The van der Waals surface area contributed by atoms with E-state index in [2.05, 4.69) is 6.92 Å². The van der Waals surface area contributed by atoms with Gasteiger partial charge in [0.2, 0.25) is 5.76 Å². The Morgan fingerprint density at radius 1 is 1.00 bits per heavy atom. The highest BCUT2D eigenvalue weighted by Crippen LogP contribution is 2.42. The van der Waals surface area contributed by atoms with Crippen molar-refractivity contribution in [3.8, 4) is 5.75 Å². The Labute approximate surface area is 185 Å². The number of amides is 1. The molecule has 4 aromatic rings. The summed E-state index contributed by atoms with van der Waals surface area (Å²) in [5.41, 5.74) is 4.27. The van der Waals surface area contributed by atoms with Gasteiger partial charge in [0.15, 0.2) is 5.43 Å². The number of benzene rings is 3. The highest BCUT2D eigenvalue weighted by Gasteiger charge is 2.43. The van der Waals surface area contributed by atoms with Gasteiger partial charge in [0.25, 0.3) is 5.91 Å². The first-order valence-electron chi connectivity index (χ1n) is 10.7. The maximum Gasteiger partial charge on any atom is 0.295 e. The Balaban J connectivity index is 1.79. The normalized spacial score (nSPS) is 15.3. The van der Waals surface area contributed by atoms with Crippen molar-refractivity contribution in [2.24, 2.45) is 0 Å². The third-order valence-electron chi connectivity index (χ3n) is 6.06. The minimum Gasteiger partial charge on any atom is -0.497 e. The van der Waals surface area contributed by atoms with Crippen LogP contribution in [-0.2, 0) is 6.42 Å². The Bertz CT molecular complexity index is 1400. The summed E-state index contributed by atoms with van der Waals surface area (Å²) in [6.45, 7) is 4.02. The van der Waals surface area contributed by atoms with Crippen LogP contribution in [0.2, 0.25) is 0 Å². The number of hydrogen-bond acceptors (Lipinski definition) is 4. The number of carbonyl (C=O) groups is 1. The van der Waals surface area contributed by atoms with Crippen molar-refractivity contribution < 1.29 is 13.9 Å². The van der Waals surface area contributed by atoms with E-state index in [4.69, 9.17) is 9.15 Å². The number of anilines is 1. The zero-order valence-electron chi connectivity index (χ0n) is 18.2. The molecule has 0 aliphatic carbocycles. The number of carbonyl (C=O) groups excluding carboxylic acids is 1. The van der Waals surface area contributed by atoms with Gasteiger partial charge in [-0.05, 0) is 48.7 Å². The lowest BCUT2D eigenvalue weighted by molar-refractivity contribution is 0.0971. The fraction of sp³-hybridized carbons (Fsp3) is 0.185. The first kappa shape index (κ1) is 20.1. The molecular weight excluding hydrogens is 402 g/mol. The third kappa shape index (κ3) is 3.09. The van der Waals surface area contributed by atoms with Crippen molar-refractivity contribution in [2.75, 3.05) is 12.0 Å². The van der Waals surface area contributed by atoms with Crippen LogP contribution in [0.25, 0.3) is 11.0 Å². The summed E-state index contributed by atoms with van der Waals surface area (Å²) in [6.07, 6.45) is 0.909. The van der Waals surface area contributed by atoms with Gasteiger partial charge in [-0.2, -0.15) is 0 Å². The Kier molecular flexibility index (Phi) is 4.82. The molecule has 0 fully saturated rings. The van der Waals surface area contributed by atoms with Gasteiger partial charge in [-0.3, -0.25) is 14.5 Å². The van der Waals surface area contributed by atoms with E-state index in [0.29, 0.717) is 28.0 Å². The maximum absolute atomic E-state index is 13.7. The SMILES string of the molecule is CCc1ccc(C2c3c(oc4ccc(C)cc4c3=O)C(=O)N2c2cccc(OC)c2)cc1. The van der Waals surface area contributed by atoms with E-state index in [1.54, 1.807) is 24.1 Å². The van der Waals surface area contributed by atoms with Crippen molar-refractivity contribution >= 4 is 22.6 Å². The fourth-order valence-electron chi connectivity index (χ4n) is 4.36. The third-order valence-corrected chi connectivity index (χ3v) is 6.06. The summed E-state index contributed by atoms with van der Waals surface area (Å²) in [5, 5.41) is 0.485. The molecular formula is C27H23NO4. The molecule has 1 aliphatic heterocycles. The Morgan fingerprint density at radius 3 is 2.50 bits per heavy atom. The summed E-state index contributed by atoms with van der Waals surface area (Å²) in [6, 6.07) is 20.2. The van der Waals surface area contributed by atoms with Crippen molar-refractivity contribution in [3.63, 3.8) is 0 Å². The number of fused-ring (bicyclic) bond motifs is 2. The Morgan fingerprint density at radius 2 is 1.78 bits per heavy atom. The lowest BCUT2D eigenvalue weighted by Gasteiger charge is -2.25. The van der Waals surface area contributed by atoms with Crippen LogP contribution in [0, 0.1) is 6.92 Å². The summed E-state index contributed by atoms with van der Waals surface area (Å²) >= 11 is 0. The average molecular weight is 425 g/mol. The molecule has 0 spiro atoms. The van der Waals surface area contributed by atoms with E-state index in [1.807, 2.05) is 61.5 Å². The molecule has 32 heavy (non-hydrogen) atoms. The van der Waals surface area contributed by atoms with E-state index in [1.165, 1.54) is 5.56 Å². The molecule has 5 heteroatoms. The van der Waals surface area contributed by atoms with Gasteiger partial charge >= 0.3 is 0 Å². The molecule has 1 amide bonds. The van der Waals surface area contributed by atoms with Crippen LogP contribution in [0.15, 0.2) is 75.9 Å². The monoisotopic (exact) mass is 425 g/mol. The van der Waals surface area contributed by atoms with Crippen LogP contribution in [0.3, 0.4) is 0 Å². The van der Waals surface area contributed by atoms with E-state index in [-0.39, 0.29) is 17.1 Å². The van der Waals surface area contributed by atoms with E-state index >= 15 is 0 Å². The molecule has 2 heterocycles. The standard InChI is InChI=1S/C27H23NO4/c1-4-17-9-11-18(12-10-17)24-23-25(29)21-14-16(2)8-13-22(21)32-26(23)27(30)28(24)19-6-5-7-20(15-19)31-3/h5-15,24H,4H2,1-3H3. The van der Waals surface area contributed by atoms with E-state index < -0.39 is 6.04 Å². The number of aryl methyl sites for hydroxylation is 2. The minimum absolute atomic E-state index is 0.0961. The van der Waals surface area contributed by atoms with Gasteiger partial charge in [-0.1, -0.05) is 48.9 Å². The number of nitrogens with zero attached hydrogens (tertiary/aromatic N) is 1. The zero-order chi connectivity index (χ0) is 22.4. The first-order valence-corrected chi connectivity index (χ1v) is 10.7. The molecule has 1 atom stereocenters. The predicted molar refractivity (Wildman–Crippen MR) is 125 cm³/mol. The first-order chi connectivity index (χ1) is 15.5. The molecule has 0 N–H and O–H groups in total. The topological polar surface area (TPSA) is 59.8 Å². The fourth-order valence-corrected chi connectivity index (χ4v) is 4.36. The molecule has 5 nitrogen and oxygen atoms in total. The van der Waals surface area contributed by atoms with Crippen molar-refractivity contribution in [2.45, 2.75) is 26.3 Å². The van der Waals surface area contributed by atoms with Gasteiger partial charge in [0, 0.05) is 11.8 Å². The highest BCUT2D eigenvalue weighted by atomic mass is 16.5. The second-order valence-corrected chi connectivity index (χ2v) is 8.05. The molecule has 3 aromatic carbocycles. The van der Waals surface area contributed by atoms with E-state index in [9.17, 15) is 9.59 Å². The van der Waals surface area contributed by atoms with Gasteiger partial charge in [-0.25, -0.2) is 0 Å². The van der Waals surface area contributed by atoms with Gasteiger partial charge in [0.05, 0.1) is 24.1 Å². The molecule has 0 saturated heterocycles. The Hall–Kier alpha value is -3.86. The lowest BCUT2D eigenvalue weighted by Crippen LogP contribution is -2.29. The molecule has 1 unspecified atom stereocenters. The highest BCUT2D eigenvalue weighted by molar-refractivity contribution is 6.10. The van der Waals surface area contributed by atoms with Crippen LogP contribution in [0.5, 0.6) is 5.75 Å². The molecule has 1 aliphatic rings. The number of methoxy groups -OCH3 is 1. The van der Waals surface area contributed by atoms with Crippen molar-refractivity contribution in [1.82, 2.24) is 0 Å². The van der Waals surface area contributed by atoms with E-state index in [0.717, 1.165) is 17.5 Å². The molecule has 160 valence electrons. The molecule has 1 aromatic heterocycles. The van der Waals surface area contributed by atoms with Gasteiger partial charge < -0.3 is 9.15 Å². The van der Waals surface area contributed by atoms with Crippen LogP contribution < -0.4 is 15.1 Å². The van der Waals surface area contributed by atoms with Crippen molar-refractivity contribution in [3.05, 3.63) is 105 Å². The van der Waals surface area contributed by atoms with Crippen LogP contribution in [0.1, 0.15) is 45.8 Å². The molecule has 5 rings (SSSR count). The summed E-state index contributed by atoms with van der Waals surface area (Å²) in [7, 11) is 1.58. The maximum atomic E-state index is 13.7. The summed E-state index contributed by atoms with van der Waals surface area (Å²) in [4.78, 5) is 28.9. The smallest absolute Gasteiger partial charge is 0.295 e. The zero-order valence-corrected chi connectivity index (χ0v) is 18.2. The second kappa shape index (κ2) is 7.68. The van der Waals surface area contributed by atoms with Crippen LogP contribution in [0.4, 0.5) is 5.69 Å². The summed E-state index contributed by atoms with van der Waals surface area (Å²) < 4.78 is 11.4. The van der Waals surface area contributed by atoms with Crippen LogP contribution in [-0.4, -0.2) is 13.0 Å². The van der Waals surface area contributed by atoms with Crippen LogP contribution >= 0.6 is 0 Å². The number of hydrogen-bond donors (Lipinski definition) is 0. The molecule has 0 saturated carbocycles.